The number of methoxy groups -OCH3 is 1. The second kappa shape index (κ2) is 10.5. The summed E-state index contributed by atoms with van der Waals surface area (Å²) in [6, 6.07) is 1.83. The van der Waals surface area contributed by atoms with Crippen molar-refractivity contribution in [1.82, 2.24) is 0 Å². The predicted octanol–water partition coefficient (Wildman–Crippen LogP) is 3.52. The van der Waals surface area contributed by atoms with E-state index in [0.29, 0.717) is 31.4 Å². The van der Waals surface area contributed by atoms with Crippen molar-refractivity contribution in [2.45, 2.75) is 58.0 Å². The molecule has 0 amide bonds. The smallest absolute Gasteiger partial charge is 0.329 e. The van der Waals surface area contributed by atoms with E-state index in [1.165, 1.54) is 7.11 Å². The van der Waals surface area contributed by atoms with Gasteiger partial charge in [0.2, 0.25) is 0 Å². The monoisotopic (exact) mass is 511 g/mol. The highest BCUT2D eigenvalue weighted by Crippen LogP contribution is 2.60. The van der Waals surface area contributed by atoms with Crippen molar-refractivity contribution >= 4 is 40.9 Å². The normalized spacial score (nSPS) is 33.2. The number of fused-ring (bicyclic) bond motifs is 3. The van der Waals surface area contributed by atoms with Crippen LogP contribution in [0.25, 0.3) is 0 Å². The van der Waals surface area contributed by atoms with Crippen molar-refractivity contribution in [1.29, 1.82) is 0 Å². The number of thiocarbonyl (C=S) groups is 1. The number of carbonyl (C=O) groups is 4. The third-order valence-corrected chi connectivity index (χ3v) is 8.47. The Labute approximate surface area is 215 Å². The number of rotatable bonds is 5. The zero-order chi connectivity index (χ0) is 26.0. The number of hydrogen-bond donors (Lipinski definition) is 0. The topological polar surface area (TPSA) is 112 Å². The van der Waals surface area contributed by atoms with Crippen LogP contribution in [0.15, 0.2) is 21.7 Å². The maximum absolute atomic E-state index is 13.9. The number of ether oxygens (including phenoxy) is 2. The molecule has 36 heavy (non-hydrogen) atoms. The molecule has 4 rings (SSSR count). The van der Waals surface area contributed by atoms with Crippen molar-refractivity contribution in [3.05, 3.63) is 23.7 Å². The molecule has 0 saturated heterocycles. The summed E-state index contributed by atoms with van der Waals surface area (Å²) >= 11 is 4.50. The molecule has 0 aromatic carbocycles. The summed E-state index contributed by atoms with van der Waals surface area (Å²) in [6.07, 6.45) is 2.55. The van der Waals surface area contributed by atoms with Crippen LogP contribution in [0.2, 0.25) is 0 Å². The molecule has 0 spiro atoms. The number of isothiocyanates is 1. The van der Waals surface area contributed by atoms with Gasteiger partial charge in [-0.3, -0.25) is 14.4 Å². The zero-order valence-electron chi connectivity index (χ0n) is 20.6. The number of hydrogen-bond acceptors (Lipinski definition) is 9. The van der Waals surface area contributed by atoms with Gasteiger partial charge in [0.25, 0.3) is 0 Å². The van der Waals surface area contributed by atoms with E-state index in [0.717, 1.165) is 5.56 Å². The maximum Gasteiger partial charge on any atom is 0.329 e. The Morgan fingerprint density at radius 2 is 2.08 bits per heavy atom. The molecule has 3 aliphatic carbocycles. The molecule has 1 aromatic heterocycles. The molecule has 9 heteroatoms. The lowest BCUT2D eigenvalue weighted by atomic mass is 9.46. The molecular weight excluding hydrogens is 482 g/mol. The Morgan fingerprint density at radius 1 is 1.31 bits per heavy atom. The van der Waals surface area contributed by atoms with Crippen LogP contribution < -0.4 is 0 Å². The van der Waals surface area contributed by atoms with E-state index in [1.54, 1.807) is 13.2 Å². The van der Waals surface area contributed by atoms with Gasteiger partial charge >= 0.3 is 11.9 Å². The molecule has 190 valence electrons. The molecule has 3 aliphatic rings. The quantitative estimate of drug-likeness (QED) is 0.255. The summed E-state index contributed by atoms with van der Waals surface area (Å²) in [5, 5.41) is 2.10. The van der Waals surface area contributed by atoms with E-state index in [4.69, 9.17) is 13.9 Å². The molecule has 0 bridgehead atoms. The van der Waals surface area contributed by atoms with Gasteiger partial charge in [-0.15, -0.1) is 0 Å². The molecular formula is C27H29NO7S. The van der Waals surface area contributed by atoms with Crippen LogP contribution in [-0.4, -0.2) is 48.4 Å². The Morgan fingerprint density at radius 3 is 2.78 bits per heavy atom. The number of aliphatic imine (C=N–C) groups is 1. The number of Topliss-reactive ketones (excluding diaryl/α,β-unsaturated/α-hetero) is 2. The van der Waals surface area contributed by atoms with Gasteiger partial charge in [-0.2, -0.15) is 0 Å². The zero-order valence-corrected chi connectivity index (χ0v) is 21.4. The molecule has 0 aliphatic heterocycles. The fourth-order valence-electron chi connectivity index (χ4n) is 6.79. The number of nitrogens with zero attached hydrogens (tertiary/aromatic N) is 1. The fraction of sp³-hybridized carbons (Fsp3) is 0.593. The van der Waals surface area contributed by atoms with Crippen LogP contribution in [-0.2, 0) is 28.7 Å². The third kappa shape index (κ3) is 4.56. The van der Waals surface area contributed by atoms with Gasteiger partial charge < -0.3 is 13.9 Å². The molecule has 0 N–H and O–H groups in total. The maximum atomic E-state index is 13.9. The molecule has 7 atom stereocenters. The predicted molar refractivity (Wildman–Crippen MR) is 131 cm³/mol. The second-order valence-corrected chi connectivity index (χ2v) is 10.3. The van der Waals surface area contributed by atoms with Gasteiger partial charge in [0.15, 0.2) is 17.6 Å². The lowest BCUT2D eigenvalue weighted by molar-refractivity contribution is -0.183. The minimum Gasteiger partial charge on any atom is -0.469 e. The summed E-state index contributed by atoms with van der Waals surface area (Å²) in [5.74, 6) is 2.98. The first-order valence-electron chi connectivity index (χ1n) is 12.1. The Bertz CT molecular complexity index is 1190. The highest BCUT2D eigenvalue weighted by molar-refractivity contribution is 7.78. The Balaban J connectivity index is 1.71. The standard InChI is InChI=1S/C27H29NO7S/c1-4-5-21-16(7-9-34-21)15-10-18-17(20(29)11-15)6-8-27(2)19(26(32)33-3)12-22(25(31)24(18)27)35-23(30)13-28-14-36/h7,9,15,17-19,22,24H,6,8,10-13H2,1-3H3/t15-,17-,18+,19+,22+,24+,27+/m1/s1. The first kappa shape index (κ1) is 26.0. The van der Waals surface area contributed by atoms with E-state index in [-0.39, 0.29) is 42.3 Å². The van der Waals surface area contributed by atoms with E-state index in [9.17, 15) is 19.2 Å². The lowest BCUT2D eigenvalue weighted by Crippen LogP contribution is -2.60. The van der Waals surface area contributed by atoms with Crippen LogP contribution in [0.5, 0.6) is 0 Å². The summed E-state index contributed by atoms with van der Waals surface area (Å²) < 4.78 is 16.1. The highest BCUT2D eigenvalue weighted by Gasteiger charge is 2.62. The van der Waals surface area contributed by atoms with Gasteiger partial charge in [0, 0.05) is 30.2 Å². The SMILES string of the molecule is CC#Cc1occc1[C@H]1CC(=O)[C@@H]2CC[C@]3(C)[C@H](C(=O)[C@@H](OC(=O)CN=C=S)C[C@H]3C(=O)OC)[C@H]2C1. The van der Waals surface area contributed by atoms with E-state index < -0.39 is 35.3 Å². The van der Waals surface area contributed by atoms with Crippen LogP contribution in [0.3, 0.4) is 0 Å². The van der Waals surface area contributed by atoms with Crippen molar-refractivity contribution in [2.24, 2.45) is 34.1 Å². The first-order chi connectivity index (χ1) is 17.2. The number of carbonyl (C=O) groups excluding carboxylic acids is 4. The molecule has 8 nitrogen and oxygen atoms in total. The number of furan rings is 1. The van der Waals surface area contributed by atoms with Crippen molar-refractivity contribution in [2.75, 3.05) is 13.7 Å². The summed E-state index contributed by atoms with van der Waals surface area (Å²) in [5.41, 5.74) is 0.142. The minimum atomic E-state index is -1.12. The second-order valence-electron chi connectivity index (χ2n) is 10.1. The van der Waals surface area contributed by atoms with Crippen molar-refractivity contribution in [3.8, 4) is 11.8 Å². The van der Waals surface area contributed by atoms with E-state index in [1.807, 2.05) is 13.0 Å². The fourth-order valence-corrected chi connectivity index (χ4v) is 6.85. The van der Waals surface area contributed by atoms with Crippen LogP contribution in [0.1, 0.15) is 63.2 Å². The molecule has 1 aromatic rings. The van der Waals surface area contributed by atoms with Gasteiger partial charge in [-0.25, -0.2) is 9.79 Å². The van der Waals surface area contributed by atoms with Crippen molar-refractivity contribution in [3.63, 3.8) is 0 Å². The minimum absolute atomic E-state index is 0.0400. The summed E-state index contributed by atoms with van der Waals surface area (Å²) in [4.78, 5) is 56.1. The Kier molecular flexibility index (Phi) is 7.58. The summed E-state index contributed by atoms with van der Waals surface area (Å²) in [6.45, 7) is 3.29. The van der Waals surface area contributed by atoms with Gasteiger partial charge in [-0.05, 0) is 67.6 Å². The van der Waals surface area contributed by atoms with Gasteiger partial charge in [0.05, 0.1) is 24.5 Å². The average molecular weight is 512 g/mol. The van der Waals surface area contributed by atoms with E-state index >= 15 is 0 Å². The molecule has 1 heterocycles. The van der Waals surface area contributed by atoms with E-state index in [2.05, 4.69) is 34.2 Å². The highest BCUT2D eigenvalue weighted by atomic mass is 32.1. The number of esters is 2. The molecule has 3 saturated carbocycles. The number of ketones is 2. The Hall–Kier alpha value is -3.08. The first-order valence-corrected chi connectivity index (χ1v) is 12.5. The van der Waals surface area contributed by atoms with Crippen LogP contribution in [0.4, 0.5) is 0 Å². The lowest BCUT2D eigenvalue weighted by Gasteiger charge is -2.56. The summed E-state index contributed by atoms with van der Waals surface area (Å²) in [7, 11) is 1.31. The molecule has 3 fully saturated rings. The third-order valence-electron chi connectivity index (χ3n) is 8.34. The van der Waals surface area contributed by atoms with Crippen LogP contribution in [0, 0.1) is 40.9 Å². The average Bonchev–Trinajstić information content (AvgIpc) is 3.32. The van der Waals surface area contributed by atoms with Gasteiger partial charge in [-0.1, -0.05) is 12.8 Å². The largest absolute Gasteiger partial charge is 0.469 e. The van der Waals surface area contributed by atoms with Crippen LogP contribution >= 0.6 is 12.2 Å². The van der Waals surface area contributed by atoms with Gasteiger partial charge in [0.1, 0.15) is 12.3 Å². The molecule has 0 radical (unpaired) electrons. The molecule has 0 unspecified atom stereocenters. The van der Waals surface area contributed by atoms with Crippen molar-refractivity contribution < 1.29 is 33.1 Å².